The van der Waals surface area contributed by atoms with Crippen LogP contribution in [-0.4, -0.2) is 46.4 Å². The van der Waals surface area contributed by atoms with Crippen molar-refractivity contribution in [2.24, 2.45) is 46.3 Å². The van der Waals surface area contributed by atoms with Gasteiger partial charge in [0.25, 0.3) is 0 Å². The van der Waals surface area contributed by atoms with Gasteiger partial charge in [0.15, 0.2) is 0 Å². The van der Waals surface area contributed by atoms with Gasteiger partial charge in [0.1, 0.15) is 0 Å². The maximum absolute atomic E-state index is 11.7. The number of hydrogen-bond donors (Lipinski definition) is 4. The van der Waals surface area contributed by atoms with Gasteiger partial charge in [0, 0.05) is 25.2 Å². The Labute approximate surface area is 242 Å². The summed E-state index contributed by atoms with van der Waals surface area (Å²) in [6.07, 6.45) is 14.8. The number of nitrogens with zero attached hydrogens (tertiary/aromatic N) is 1. The fraction of sp³-hybridized carbons (Fsp3) is 0.824. The largest absolute Gasteiger partial charge is 0.481 e. The molecule has 4 aliphatic carbocycles. The molecule has 0 bridgehead atoms. The molecule has 0 spiro atoms. The Morgan fingerprint density at radius 1 is 1.05 bits per heavy atom. The number of aliphatic hydroxyl groups excluding tert-OH is 1. The fourth-order valence-corrected chi connectivity index (χ4v) is 10.3. The van der Waals surface area contributed by atoms with Gasteiger partial charge in [-0.1, -0.05) is 26.8 Å². The highest BCUT2D eigenvalue weighted by Gasteiger charge is 2.62. The van der Waals surface area contributed by atoms with Crippen molar-refractivity contribution in [1.29, 1.82) is 0 Å². The van der Waals surface area contributed by atoms with Gasteiger partial charge in [0.2, 0.25) is 0 Å². The first-order chi connectivity index (χ1) is 19.2. The zero-order chi connectivity index (χ0) is 28.3. The van der Waals surface area contributed by atoms with Crippen LogP contribution >= 0.6 is 0 Å². The van der Waals surface area contributed by atoms with E-state index in [-0.39, 0.29) is 17.9 Å². The number of nitrogens with one attached hydrogen (secondary N) is 2. The number of aromatic nitrogens is 1. The average Bonchev–Trinajstić information content (AvgIpc) is 3.29. The minimum atomic E-state index is -0.671. The number of aliphatic carboxylic acids is 1. The van der Waals surface area contributed by atoms with E-state index in [1.165, 1.54) is 57.8 Å². The van der Waals surface area contributed by atoms with Crippen molar-refractivity contribution >= 4 is 5.97 Å². The summed E-state index contributed by atoms with van der Waals surface area (Å²) in [7, 11) is 0. The molecule has 0 aromatic carbocycles. The molecule has 1 aromatic heterocycles. The molecule has 0 unspecified atom stereocenters. The molecule has 10 atom stereocenters. The van der Waals surface area contributed by atoms with Gasteiger partial charge in [-0.3, -0.25) is 9.78 Å². The number of hydrogen-bond acceptors (Lipinski definition) is 5. The Kier molecular flexibility index (Phi) is 9.58. The van der Waals surface area contributed by atoms with Gasteiger partial charge in [-0.2, -0.15) is 0 Å². The summed E-state index contributed by atoms with van der Waals surface area (Å²) in [5, 5.41) is 28.3. The van der Waals surface area contributed by atoms with Crippen LogP contribution < -0.4 is 10.6 Å². The van der Waals surface area contributed by atoms with E-state index in [9.17, 15) is 15.0 Å². The van der Waals surface area contributed by atoms with E-state index >= 15 is 0 Å². The van der Waals surface area contributed by atoms with Crippen LogP contribution in [0.25, 0.3) is 0 Å². The predicted molar refractivity (Wildman–Crippen MR) is 160 cm³/mol. The molecule has 5 rings (SSSR count). The predicted octanol–water partition coefficient (Wildman–Crippen LogP) is 6.04. The highest BCUT2D eigenvalue weighted by Crippen LogP contribution is 2.68. The lowest BCUT2D eigenvalue weighted by Crippen LogP contribution is -2.59. The number of carboxylic acids is 1. The van der Waals surface area contributed by atoms with Crippen molar-refractivity contribution < 1.29 is 15.0 Å². The van der Waals surface area contributed by atoms with Crippen LogP contribution in [0, 0.1) is 46.3 Å². The van der Waals surface area contributed by atoms with Crippen LogP contribution in [0.3, 0.4) is 0 Å². The summed E-state index contributed by atoms with van der Waals surface area (Å²) in [4.78, 5) is 15.6. The quantitative estimate of drug-likeness (QED) is 0.236. The SMILES string of the molecule is C[C@H](CCC(=O)O)[C@H]1CC[C@H]2[C@@H]3[C@H](O)C[C@@H]4C[C@@H](NCCCCNCc5ccccn5)CC[C@]4(C)[C@H]3CC[C@]12C. The molecule has 40 heavy (non-hydrogen) atoms. The van der Waals surface area contributed by atoms with E-state index in [0.29, 0.717) is 47.0 Å². The van der Waals surface area contributed by atoms with E-state index in [1.807, 2.05) is 18.3 Å². The number of fused-ring (bicyclic) bond motifs is 5. The van der Waals surface area contributed by atoms with Crippen molar-refractivity contribution in [3.63, 3.8) is 0 Å². The van der Waals surface area contributed by atoms with Crippen LogP contribution in [0.2, 0.25) is 0 Å². The topological polar surface area (TPSA) is 94.5 Å². The Morgan fingerprint density at radius 3 is 2.60 bits per heavy atom. The van der Waals surface area contributed by atoms with Crippen LogP contribution in [-0.2, 0) is 11.3 Å². The molecule has 1 aromatic rings. The second kappa shape index (κ2) is 12.8. The Hall–Kier alpha value is -1.50. The smallest absolute Gasteiger partial charge is 0.303 e. The lowest BCUT2D eigenvalue weighted by molar-refractivity contribution is -0.167. The summed E-state index contributed by atoms with van der Waals surface area (Å²) < 4.78 is 0. The third-order valence-corrected chi connectivity index (χ3v) is 12.5. The molecule has 4 fully saturated rings. The molecule has 0 saturated heterocycles. The van der Waals surface area contributed by atoms with Crippen molar-refractivity contribution in [2.45, 2.75) is 117 Å². The molecule has 6 heteroatoms. The molecule has 1 heterocycles. The molecule has 0 amide bonds. The van der Waals surface area contributed by atoms with Crippen LogP contribution in [0.15, 0.2) is 24.4 Å². The fourth-order valence-electron chi connectivity index (χ4n) is 10.3. The van der Waals surface area contributed by atoms with E-state index in [4.69, 9.17) is 0 Å². The molecule has 224 valence electrons. The monoisotopic (exact) mass is 553 g/mol. The third kappa shape index (κ3) is 6.15. The summed E-state index contributed by atoms with van der Waals surface area (Å²) >= 11 is 0. The number of carboxylic acid groups (broad SMARTS) is 1. The highest BCUT2D eigenvalue weighted by atomic mass is 16.4. The molecule has 6 nitrogen and oxygen atoms in total. The number of rotatable bonds is 12. The van der Waals surface area contributed by atoms with Crippen molar-refractivity contribution in [2.75, 3.05) is 13.1 Å². The van der Waals surface area contributed by atoms with Crippen molar-refractivity contribution in [3.05, 3.63) is 30.1 Å². The Balaban J connectivity index is 1.10. The number of pyridine rings is 1. The van der Waals surface area contributed by atoms with E-state index in [0.717, 1.165) is 38.2 Å². The summed E-state index contributed by atoms with van der Waals surface area (Å²) in [6.45, 7) is 10.3. The number of aliphatic hydroxyl groups is 1. The average molecular weight is 554 g/mol. The molecule has 4 aliphatic rings. The molecular weight excluding hydrogens is 498 g/mol. The molecule has 0 radical (unpaired) electrons. The number of carbonyl (C=O) groups is 1. The van der Waals surface area contributed by atoms with E-state index in [2.05, 4.69) is 42.5 Å². The highest BCUT2D eigenvalue weighted by molar-refractivity contribution is 5.66. The first-order valence-electron chi connectivity index (χ1n) is 16.5. The van der Waals surface area contributed by atoms with Crippen LogP contribution in [0.4, 0.5) is 0 Å². The lowest BCUT2D eigenvalue weighted by atomic mass is 9.43. The summed E-state index contributed by atoms with van der Waals surface area (Å²) in [5.41, 5.74) is 1.71. The Bertz CT molecular complexity index is 974. The van der Waals surface area contributed by atoms with Crippen LogP contribution in [0.1, 0.15) is 104 Å². The maximum atomic E-state index is 11.7. The molecular formula is C34H55N3O3. The van der Waals surface area contributed by atoms with Gasteiger partial charge in [-0.05, 0) is 142 Å². The third-order valence-electron chi connectivity index (χ3n) is 12.5. The maximum Gasteiger partial charge on any atom is 0.303 e. The van der Waals surface area contributed by atoms with E-state index in [1.54, 1.807) is 0 Å². The van der Waals surface area contributed by atoms with E-state index < -0.39 is 5.97 Å². The minimum absolute atomic E-state index is 0.176. The first kappa shape index (κ1) is 30.0. The number of unbranched alkanes of at least 4 members (excludes halogenated alkanes) is 1. The molecule has 0 aliphatic heterocycles. The molecule has 4 saturated carbocycles. The molecule has 4 N–H and O–H groups in total. The summed E-state index contributed by atoms with van der Waals surface area (Å²) in [5.74, 6) is 2.66. The van der Waals surface area contributed by atoms with Crippen molar-refractivity contribution in [3.8, 4) is 0 Å². The Morgan fingerprint density at radius 2 is 1.82 bits per heavy atom. The second-order valence-corrected chi connectivity index (χ2v) is 14.6. The zero-order valence-corrected chi connectivity index (χ0v) is 25.3. The zero-order valence-electron chi connectivity index (χ0n) is 25.3. The second-order valence-electron chi connectivity index (χ2n) is 14.6. The van der Waals surface area contributed by atoms with Crippen LogP contribution in [0.5, 0.6) is 0 Å². The normalized spacial score (nSPS) is 39.6. The standard InChI is InChI=1S/C34H55N3O3/c1-23(9-12-31(39)40)27-10-11-28-32-29(14-16-34(27,28)3)33(2)15-13-25(20-24(33)21-30(32)38)36-19-7-6-17-35-22-26-8-4-5-18-37-26/h4-5,8,18,23-25,27-30,32,35-36,38H,6-7,9-17,19-22H2,1-3H3,(H,39,40)/t23-,24+,25+,27-,28+,29+,30-,32+,33+,34-/m1/s1. The van der Waals surface area contributed by atoms with Gasteiger partial charge in [0.05, 0.1) is 11.8 Å². The van der Waals surface area contributed by atoms with Gasteiger partial charge in [-0.15, -0.1) is 0 Å². The minimum Gasteiger partial charge on any atom is -0.481 e. The van der Waals surface area contributed by atoms with Gasteiger partial charge < -0.3 is 20.8 Å². The first-order valence-corrected chi connectivity index (χ1v) is 16.5. The van der Waals surface area contributed by atoms with Gasteiger partial charge in [-0.25, -0.2) is 0 Å². The van der Waals surface area contributed by atoms with Crippen molar-refractivity contribution in [1.82, 2.24) is 15.6 Å². The summed E-state index contributed by atoms with van der Waals surface area (Å²) in [6, 6.07) is 6.65. The van der Waals surface area contributed by atoms with Gasteiger partial charge >= 0.3 is 5.97 Å². The lowest BCUT2D eigenvalue weighted by Gasteiger charge is -2.62.